The van der Waals surface area contributed by atoms with Crippen molar-refractivity contribution in [2.75, 3.05) is 13.2 Å². The summed E-state index contributed by atoms with van der Waals surface area (Å²) in [5, 5.41) is 8.80. The van der Waals surface area contributed by atoms with Gasteiger partial charge in [0.15, 0.2) is 0 Å². The first-order valence-corrected chi connectivity index (χ1v) is 4.32. The average Bonchev–Trinajstić information content (AvgIpc) is 2.49. The highest BCUT2D eigenvalue weighted by atomic mass is 16.5. The largest absolute Gasteiger partial charge is 0.481 e. The number of aliphatic carboxylic acids is 1. The molecule has 0 amide bonds. The second kappa shape index (κ2) is 3.05. The van der Waals surface area contributed by atoms with Crippen LogP contribution in [0.15, 0.2) is 0 Å². The highest BCUT2D eigenvalue weighted by Gasteiger charge is 2.61. The molecular weight excluding hydrogens is 156 g/mol. The molecule has 0 radical (unpaired) electrons. The predicted molar refractivity (Wildman–Crippen MR) is 44.9 cm³/mol. The lowest BCUT2D eigenvalue weighted by molar-refractivity contribution is -0.139. The monoisotopic (exact) mass is 172 g/mol. The third-order valence-electron chi connectivity index (χ3n) is 2.82. The zero-order valence-electron chi connectivity index (χ0n) is 7.83. The Kier molecular flexibility index (Phi) is 2.42. The Morgan fingerprint density at radius 3 is 2.50 bits per heavy atom. The zero-order chi connectivity index (χ0) is 9.35. The summed E-state index contributed by atoms with van der Waals surface area (Å²) in [5.74, 6) is -0.691. The van der Waals surface area contributed by atoms with Gasteiger partial charge in [0.1, 0.15) is 0 Å². The number of carbonyl (C=O) groups is 1. The Hall–Kier alpha value is -0.570. The molecule has 1 N–H and O–H groups in total. The van der Waals surface area contributed by atoms with Crippen LogP contribution in [-0.4, -0.2) is 24.3 Å². The first-order chi connectivity index (χ1) is 5.51. The van der Waals surface area contributed by atoms with Crippen LogP contribution in [0.2, 0.25) is 0 Å². The number of ether oxygens (including phenoxy) is 1. The van der Waals surface area contributed by atoms with Crippen molar-refractivity contribution in [3.05, 3.63) is 0 Å². The Balaban J connectivity index is 2.43. The minimum atomic E-state index is -0.690. The Morgan fingerprint density at radius 2 is 2.17 bits per heavy atom. The summed E-state index contributed by atoms with van der Waals surface area (Å²) < 4.78 is 5.21. The predicted octanol–water partition coefficient (Wildman–Crippen LogP) is 1.38. The lowest BCUT2D eigenvalue weighted by Crippen LogP contribution is -2.04. The molecule has 0 saturated heterocycles. The number of rotatable bonds is 4. The third kappa shape index (κ3) is 1.46. The zero-order valence-corrected chi connectivity index (χ0v) is 7.83. The molecular formula is C9H16O3. The SMILES string of the molecule is CCOCC1[C@@H](C(=O)O)C1(C)C. The molecule has 0 heterocycles. The fraction of sp³-hybridized carbons (Fsp3) is 0.889. The number of carboxylic acids is 1. The summed E-state index contributed by atoms with van der Waals surface area (Å²) in [7, 11) is 0. The van der Waals surface area contributed by atoms with Crippen molar-refractivity contribution in [2.24, 2.45) is 17.3 Å². The summed E-state index contributed by atoms with van der Waals surface area (Å²) in [6.45, 7) is 7.13. The van der Waals surface area contributed by atoms with Crippen LogP contribution in [0.4, 0.5) is 0 Å². The molecule has 1 aliphatic carbocycles. The molecule has 0 aromatic carbocycles. The van der Waals surface area contributed by atoms with Crippen LogP contribution in [0.3, 0.4) is 0 Å². The summed E-state index contributed by atoms with van der Waals surface area (Å²) in [6.07, 6.45) is 0. The summed E-state index contributed by atoms with van der Waals surface area (Å²) in [4.78, 5) is 10.7. The molecule has 3 nitrogen and oxygen atoms in total. The van der Waals surface area contributed by atoms with Crippen LogP contribution >= 0.6 is 0 Å². The molecule has 1 saturated carbocycles. The van der Waals surface area contributed by atoms with Gasteiger partial charge >= 0.3 is 5.97 Å². The maximum atomic E-state index is 10.7. The van der Waals surface area contributed by atoms with Crippen molar-refractivity contribution in [3.8, 4) is 0 Å². The fourth-order valence-corrected chi connectivity index (χ4v) is 1.79. The van der Waals surface area contributed by atoms with Crippen LogP contribution in [-0.2, 0) is 9.53 Å². The van der Waals surface area contributed by atoms with E-state index in [9.17, 15) is 4.79 Å². The number of carboxylic acid groups (broad SMARTS) is 1. The molecule has 70 valence electrons. The Morgan fingerprint density at radius 1 is 1.58 bits per heavy atom. The molecule has 0 aromatic heterocycles. The van der Waals surface area contributed by atoms with E-state index in [0.717, 1.165) is 0 Å². The summed E-state index contributed by atoms with van der Waals surface area (Å²) in [6, 6.07) is 0. The first kappa shape index (κ1) is 9.52. The minimum absolute atomic E-state index is 0.0684. The highest BCUT2D eigenvalue weighted by molar-refractivity contribution is 5.75. The normalized spacial score (nSPS) is 31.6. The molecule has 0 aromatic rings. The molecule has 12 heavy (non-hydrogen) atoms. The lowest BCUT2D eigenvalue weighted by Gasteiger charge is -2.01. The van der Waals surface area contributed by atoms with Crippen LogP contribution in [0.5, 0.6) is 0 Å². The van der Waals surface area contributed by atoms with E-state index in [-0.39, 0.29) is 17.3 Å². The highest BCUT2D eigenvalue weighted by Crippen LogP contribution is 2.58. The van der Waals surface area contributed by atoms with Gasteiger partial charge in [-0.15, -0.1) is 0 Å². The Labute approximate surface area is 72.7 Å². The van der Waals surface area contributed by atoms with E-state index >= 15 is 0 Å². The molecule has 1 fully saturated rings. The number of hydrogen-bond donors (Lipinski definition) is 1. The van der Waals surface area contributed by atoms with Gasteiger partial charge < -0.3 is 9.84 Å². The standard InChI is InChI=1S/C9H16O3/c1-4-12-5-6-7(8(10)11)9(6,2)3/h6-7H,4-5H2,1-3H3,(H,10,11)/t6?,7-/m0/s1. The molecule has 1 unspecified atom stereocenters. The van der Waals surface area contributed by atoms with E-state index < -0.39 is 5.97 Å². The van der Waals surface area contributed by atoms with Crippen molar-refractivity contribution in [1.29, 1.82) is 0 Å². The molecule has 2 atom stereocenters. The molecule has 1 rings (SSSR count). The average molecular weight is 172 g/mol. The van der Waals surface area contributed by atoms with Gasteiger partial charge in [-0.1, -0.05) is 13.8 Å². The van der Waals surface area contributed by atoms with Gasteiger partial charge in [-0.2, -0.15) is 0 Å². The van der Waals surface area contributed by atoms with Gasteiger partial charge in [0, 0.05) is 12.5 Å². The number of hydrogen-bond acceptors (Lipinski definition) is 2. The van der Waals surface area contributed by atoms with Gasteiger partial charge in [0.25, 0.3) is 0 Å². The Bertz CT molecular complexity index is 186. The van der Waals surface area contributed by atoms with Crippen LogP contribution in [0.1, 0.15) is 20.8 Å². The van der Waals surface area contributed by atoms with Crippen LogP contribution in [0.25, 0.3) is 0 Å². The van der Waals surface area contributed by atoms with E-state index in [1.807, 2.05) is 20.8 Å². The van der Waals surface area contributed by atoms with Crippen molar-refractivity contribution in [1.82, 2.24) is 0 Å². The van der Waals surface area contributed by atoms with Gasteiger partial charge in [-0.3, -0.25) is 4.79 Å². The van der Waals surface area contributed by atoms with E-state index in [1.165, 1.54) is 0 Å². The van der Waals surface area contributed by atoms with E-state index in [1.54, 1.807) is 0 Å². The quantitative estimate of drug-likeness (QED) is 0.696. The lowest BCUT2D eigenvalue weighted by atomic mass is 10.1. The fourth-order valence-electron chi connectivity index (χ4n) is 1.79. The first-order valence-electron chi connectivity index (χ1n) is 4.32. The van der Waals surface area contributed by atoms with Crippen molar-refractivity contribution < 1.29 is 14.6 Å². The van der Waals surface area contributed by atoms with E-state index in [2.05, 4.69) is 0 Å². The summed E-state index contributed by atoms with van der Waals surface area (Å²) >= 11 is 0. The van der Waals surface area contributed by atoms with Crippen molar-refractivity contribution in [2.45, 2.75) is 20.8 Å². The molecule has 3 heteroatoms. The van der Waals surface area contributed by atoms with E-state index in [0.29, 0.717) is 13.2 Å². The third-order valence-corrected chi connectivity index (χ3v) is 2.82. The van der Waals surface area contributed by atoms with Gasteiger partial charge in [0.05, 0.1) is 12.5 Å². The summed E-state index contributed by atoms with van der Waals surface area (Å²) in [5.41, 5.74) is -0.0684. The maximum absolute atomic E-state index is 10.7. The second-order valence-electron chi connectivity index (χ2n) is 3.90. The molecule has 0 aliphatic heterocycles. The van der Waals surface area contributed by atoms with Crippen molar-refractivity contribution >= 4 is 5.97 Å². The van der Waals surface area contributed by atoms with Crippen molar-refractivity contribution in [3.63, 3.8) is 0 Å². The second-order valence-corrected chi connectivity index (χ2v) is 3.90. The van der Waals surface area contributed by atoms with Gasteiger partial charge in [-0.25, -0.2) is 0 Å². The molecule has 1 aliphatic rings. The van der Waals surface area contributed by atoms with Crippen LogP contribution in [0, 0.1) is 17.3 Å². The molecule has 0 spiro atoms. The van der Waals surface area contributed by atoms with Crippen LogP contribution < -0.4 is 0 Å². The van der Waals surface area contributed by atoms with Gasteiger partial charge in [-0.05, 0) is 12.3 Å². The van der Waals surface area contributed by atoms with Gasteiger partial charge in [0.2, 0.25) is 0 Å². The minimum Gasteiger partial charge on any atom is -0.481 e. The topological polar surface area (TPSA) is 46.5 Å². The maximum Gasteiger partial charge on any atom is 0.307 e. The molecule has 0 bridgehead atoms. The smallest absolute Gasteiger partial charge is 0.307 e. The van der Waals surface area contributed by atoms with E-state index in [4.69, 9.17) is 9.84 Å².